The van der Waals surface area contributed by atoms with Crippen molar-refractivity contribution in [3.8, 4) is 0 Å². The van der Waals surface area contributed by atoms with Gasteiger partial charge in [0.1, 0.15) is 15.8 Å². The molecule has 0 radical (unpaired) electrons. The number of amides is 3. The van der Waals surface area contributed by atoms with Gasteiger partial charge in [-0.15, -0.1) is 23.2 Å². The van der Waals surface area contributed by atoms with Crippen LogP contribution in [0.15, 0.2) is 109 Å². The molecule has 5 nitrogen and oxygen atoms in total. The Morgan fingerprint density at radius 1 is 0.659 bits per heavy atom. The molecule has 0 saturated carbocycles. The Hall–Kier alpha value is -3.93. The molecule has 0 unspecified atom stereocenters. The van der Waals surface area contributed by atoms with Crippen molar-refractivity contribution in [3.05, 3.63) is 143 Å². The van der Waals surface area contributed by atoms with E-state index < -0.39 is 45.3 Å². The first-order valence-corrected chi connectivity index (χ1v) is 14.4. The predicted octanol–water partition coefficient (Wildman–Crippen LogP) is 5.51. The first kappa shape index (κ1) is 26.0. The normalized spacial score (nSPS) is 26.2. The number of nitrogens with one attached hydrogen (secondary N) is 1. The second-order valence-corrected chi connectivity index (χ2v) is 12.1. The summed E-state index contributed by atoms with van der Waals surface area (Å²) in [5.74, 6) is -3.27. The SMILES string of the molecule is O=C(NCc1ccccc1)[C@H](Cc1ccccc1)N1C(=O)[C@@H]2[C@H](C1=O)C1(Cl)c3ccccc3C2(Cl)c2ccccc21. The lowest BCUT2D eigenvalue weighted by Gasteiger charge is -2.54. The van der Waals surface area contributed by atoms with Crippen LogP contribution in [0.1, 0.15) is 33.4 Å². The van der Waals surface area contributed by atoms with E-state index in [1.807, 2.05) is 109 Å². The lowest BCUT2D eigenvalue weighted by Crippen LogP contribution is -2.57. The summed E-state index contributed by atoms with van der Waals surface area (Å²) < 4.78 is 0. The fraction of sp³-hybridized carbons (Fsp3) is 0.206. The van der Waals surface area contributed by atoms with Gasteiger partial charge in [0.25, 0.3) is 0 Å². The van der Waals surface area contributed by atoms with Crippen LogP contribution in [0.2, 0.25) is 0 Å². The minimum absolute atomic E-state index is 0.169. The van der Waals surface area contributed by atoms with Crippen molar-refractivity contribution in [2.24, 2.45) is 11.8 Å². The maximum absolute atomic E-state index is 14.5. The lowest BCUT2D eigenvalue weighted by atomic mass is 9.54. The quantitative estimate of drug-likeness (QED) is 0.242. The van der Waals surface area contributed by atoms with E-state index in [-0.39, 0.29) is 13.0 Å². The van der Waals surface area contributed by atoms with Crippen LogP contribution in [0.3, 0.4) is 0 Å². The van der Waals surface area contributed by atoms with Crippen LogP contribution in [0.4, 0.5) is 0 Å². The van der Waals surface area contributed by atoms with Crippen LogP contribution in [0.25, 0.3) is 0 Å². The zero-order chi connectivity index (χ0) is 28.4. The van der Waals surface area contributed by atoms with E-state index in [0.717, 1.165) is 38.3 Å². The summed E-state index contributed by atoms with van der Waals surface area (Å²) >= 11 is 15.1. The number of carbonyl (C=O) groups is 3. The molecule has 8 rings (SSSR count). The maximum Gasteiger partial charge on any atom is 0.243 e. The summed E-state index contributed by atoms with van der Waals surface area (Å²) in [6.07, 6.45) is 0.169. The van der Waals surface area contributed by atoms with E-state index in [1.165, 1.54) is 0 Å². The number of alkyl halides is 2. The predicted molar refractivity (Wildman–Crippen MR) is 157 cm³/mol. The van der Waals surface area contributed by atoms with Crippen molar-refractivity contribution in [1.29, 1.82) is 0 Å². The number of carbonyl (C=O) groups excluding carboxylic acids is 3. The molecule has 2 bridgehead atoms. The molecule has 3 amide bonds. The molecule has 3 atom stereocenters. The highest BCUT2D eigenvalue weighted by molar-refractivity contribution is 6.36. The molecule has 3 aliphatic carbocycles. The molecule has 1 fully saturated rings. The van der Waals surface area contributed by atoms with E-state index in [4.69, 9.17) is 23.2 Å². The fourth-order valence-corrected chi connectivity index (χ4v) is 8.14. The summed E-state index contributed by atoms with van der Waals surface area (Å²) in [4.78, 5) is 41.4. The van der Waals surface area contributed by atoms with E-state index in [0.29, 0.717) is 0 Å². The highest BCUT2D eigenvalue weighted by atomic mass is 35.5. The molecule has 0 aromatic heterocycles. The van der Waals surface area contributed by atoms with Gasteiger partial charge in [-0.25, -0.2) is 0 Å². The average molecular weight is 581 g/mol. The maximum atomic E-state index is 14.5. The third-order valence-electron chi connectivity index (χ3n) is 8.82. The molecule has 1 aliphatic heterocycles. The fourth-order valence-electron chi connectivity index (χ4n) is 7.04. The number of imide groups is 1. The summed E-state index contributed by atoms with van der Waals surface area (Å²) in [5, 5.41) is 2.96. The van der Waals surface area contributed by atoms with Gasteiger partial charge in [0, 0.05) is 13.0 Å². The van der Waals surface area contributed by atoms with Gasteiger partial charge in [-0.1, -0.05) is 109 Å². The van der Waals surface area contributed by atoms with Gasteiger partial charge < -0.3 is 5.32 Å². The molecule has 7 heteroatoms. The van der Waals surface area contributed by atoms with Crippen molar-refractivity contribution >= 4 is 40.9 Å². The third kappa shape index (κ3) is 3.65. The number of hydrogen-bond acceptors (Lipinski definition) is 3. The number of rotatable bonds is 6. The molecular weight excluding hydrogens is 555 g/mol. The van der Waals surface area contributed by atoms with Crippen molar-refractivity contribution in [2.45, 2.75) is 28.8 Å². The van der Waals surface area contributed by atoms with Crippen molar-refractivity contribution in [3.63, 3.8) is 0 Å². The number of likely N-dealkylation sites (tertiary alicyclic amines) is 1. The van der Waals surface area contributed by atoms with Gasteiger partial charge in [-0.3, -0.25) is 19.3 Å². The second kappa shape index (κ2) is 9.57. The lowest BCUT2D eigenvalue weighted by molar-refractivity contribution is -0.148. The van der Waals surface area contributed by atoms with Gasteiger partial charge in [0.2, 0.25) is 17.7 Å². The van der Waals surface area contributed by atoms with E-state index in [9.17, 15) is 14.4 Å². The minimum Gasteiger partial charge on any atom is -0.350 e. The molecular formula is C34H26Cl2N2O3. The Bertz CT molecular complexity index is 1570. The molecule has 0 spiro atoms. The first-order chi connectivity index (χ1) is 19.9. The minimum atomic E-state index is -1.30. The van der Waals surface area contributed by atoms with Crippen LogP contribution in [-0.2, 0) is 37.1 Å². The highest BCUT2D eigenvalue weighted by Crippen LogP contribution is 2.69. The zero-order valence-corrected chi connectivity index (χ0v) is 23.5. The van der Waals surface area contributed by atoms with E-state index >= 15 is 0 Å². The molecule has 4 aromatic carbocycles. The Morgan fingerprint density at radius 2 is 1.05 bits per heavy atom. The van der Waals surface area contributed by atoms with Crippen LogP contribution in [0.5, 0.6) is 0 Å². The number of halogens is 2. The standard InChI is InChI=1S/C34H26Cl2N2O3/c35-33-23-15-7-8-16-24(23)34(36,26-18-10-9-17-25(26)33)29-28(33)31(40)38(32(29)41)27(19-21-11-3-1-4-12-21)30(39)37-20-22-13-5-2-6-14-22/h1-18,27-29H,19-20H2,(H,37,39)/t27-,28-,29+,33?,34?/m0/s1. The van der Waals surface area contributed by atoms with E-state index in [1.54, 1.807) is 0 Å². The first-order valence-electron chi connectivity index (χ1n) is 13.7. The number of benzene rings is 4. The summed E-state index contributed by atoms with van der Waals surface area (Å²) in [6, 6.07) is 32.9. The van der Waals surface area contributed by atoms with Gasteiger partial charge in [-0.2, -0.15) is 0 Å². The monoisotopic (exact) mass is 580 g/mol. The molecule has 4 aromatic rings. The van der Waals surface area contributed by atoms with Crippen LogP contribution in [-0.4, -0.2) is 28.7 Å². The second-order valence-electron chi connectivity index (χ2n) is 10.9. The summed E-state index contributed by atoms with van der Waals surface area (Å²) in [6.45, 7) is 0.268. The third-order valence-corrected chi connectivity index (χ3v) is 10.1. The van der Waals surface area contributed by atoms with Gasteiger partial charge in [0.15, 0.2) is 0 Å². The van der Waals surface area contributed by atoms with Crippen LogP contribution in [0, 0.1) is 11.8 Å². The molecule has 1 heterocycles. The number of hydrogen-bond donors (Lipinski definition) is 1. The van der Waals surface area contributed by atoms with Crippen molar-refractivity contribution in [2.75, 3.05) is 0 Å². The Balaban J connectivity index is 1.33. The molecule has 41 heavy (non-hydrogen) atoms. The van der Waals surface area contributed by atoms with Crippen molar-refractivity contribution in [1.82, 2.24) is 10.2 Å². The molecule has 1 N–H and O–H groups in total. The highest BCUT2D eigenvalue weighted by Gasteiger charge is 2.73. The Labute approximate surface area is 248 Å². The summed E-state index contributed by atoms with van der Waals surface area (Å²) in [5.41, 5.74) is 4.66. The average Bonchev–Trinajstić information content (AvgIpc) is 3.29. The summed E-state index contributed by atoms with van der Waals surface area (Å²) in [7, 11) is 0. The van der Waals surface area contributed by atoms with Gasteiger partial charge >= 0.3 is 0 Å². The smallest absolute Gasteiger partial charge is 0.243 e. The van der Waals surface area contributed by atoms with Crippen LogP contribution < -0.4 is 5.32 Å². The van der Waals surface area contributed by atoms with Gasteiger partial charge in [-0.05, 0) is 33.4 Å². The van der Waals surface area contributed by atoms with Crippen LogP contribution >= 0.6 is 23.2 Å². The molecule has 1 saturated heterocycles. The van der Waals surface area contributed by atoms with E-state index in [2.05, 4.69) is 5.32 Å². The van der Waals surface area contributed by atoms with Gasteiger partial charge in [0.05, 0.1) is 11.8 Å². The van der Waals surface area contributed by atoms with Crippen molar-refractivity contribution < 1.29 is 14.4 Å². The molecule has 4 aliphatic rings. The Kier molecular flexibility index (Phi) is 6.07. The largest absolute Gasteiger partial charge is 0.350 e. The zero-order valence-electron chi connectivity index (χ0n) is 22.0. The topological polar surface area (TPSA) is 66.5 Å². The Morgan fingerprint density at radius 3 is 1.49 bits per heavy atom. The molecule has 204 valence electrons. The number of nitrogens with zero attached hydrogens (tertiary/aromatic N) is 1.